The molecule has 26 heavy (non-hydrogen) atoms. The zero-order chi connectivity index (χ0) is 18.5. The first-order chi connectivity index (χ1) is 12.5. The Morgan fingerprint density at radius 3 is 2.50 bits per heavy atom. The van der Waals surface area contributed by atoms with Crippen LogP contribution in [0.3, 0.4) is 0 Å². The molecular weight excluding hydrogens is 326 g/mol. The highest BCUT2D eigenvalue weighted by Gasteiger charge is 2.32. The van der Waals surface area contributed by atoms with Crippen LogP contribution in [-0.4, -0.2) is 65.3 Å². The van der Waals surface area contributed by atoms with Gasteiger partial charge in [-0.3, -0.25) is 14.5 Å². The van der Waals surface area contributed by atoms with Crippen molar-refractivity contribution in [3.63, 3.8) is 0 Å². The molecule has 5 nitrogen and oxygen atoms in total. The molecule has 1 aromatic carbocycles. The predicted molar refractivity (Wildman–Crippen MR) is 102 cm³/mol. The third-order valence-corrected chi connectivity index (χ3v) is 5.85. The summed E-state index contributed by atoms with van der Waals surface area (Å²) in [6.07, 6.45) is 2.84. The van der Waals surface area contributed by atoms with Crippen LogP contribution in [0.25, 0.3) is 0 Å². The lowest BCUT2D eigenvalue weighted by Crippen LogP contribution is -2.47. The SMILES string of the molecule is CC(=O)N1CCCC(C(=O)N2CCC(C)N(Cc3ccccc3)CC2)C1. The van der Waals surface area contributed by atoms with E-state index in [1.165, 1.54) is 5.56 Å². The molecule has 2 fully saturated rings. The zero-order valence-electron chi connectivity index (χ0n) is 16.1. The molecule has 0 aliphatic carbocycles. The third-order valence-electron chi connectivity index (χ3n) is 5.85. The Morgan fingerprint density at radius 1 is 1.00 bits per heavy atom. The third kappa shape index (κ3) is 4.64. The minimum atomic E-state index is -0.0244. The van der Waals surface area contributed by atoms with E-state index in [0.29, 0.717) is 12.6 Å². The van der Waals surface area contributed by atoms with Crippen LogP contribution in [-0.2, 0) is 16.1 Å². The summed E-state index contributed by atoms with van der Waals surface area (Å²) in [5.41, 5.74) is 1.32. The molecule has 3 rings (SSSR count). The van der Waals surface area contributed by atoms with Gasteiger partial charge in [-0.05, 0) is 31.7 Å². The van der Waals surface area contributed by atoms with Gasteiger partial charge in [0.15, 0.2) is 0 Å². The molecule has 0 radical (unpaired) electrons. The number of nitrogens with zero attached hydrogens (tertiary/aromatic N) is 3. The Bertz CT molecular complexity index is 619. The van der Waals surface area contributed by atoms with Crippen molar-refractivity contribution in [1.82, 2.24) is 14.7 Å². The molecule has 0 aromatic heterocycles. The zero-order valence-corrected chi connectivity index (χ0v) is 16.1. The number of hydrogen-bond acceptors (Lipinski definition) is 3. The maximum atomic E-state index is 13.0. The van der Waals surface area contributed by atoms with Gasteiger partial charge in [0.1, 0.15) is 0 Å². The Labute approximate surface area is 156 Å². The molecule has 5 heteroatoms. The minimum absolute atomic E-state index is 0.0244. The number of likely N-dealkylation sites (tertiary alicyclic amines) is 1. The minimum Gasteiger partial charge on any atom is -0.342 e. The smallest absolute Gasteiger partial charge is 0.227 e. The van der Waals surface area contributed by atoms with Crippen LogP contribution in [0.2, 0.25) is 0 Å². The molecule has 2 unspecified atom stereocenters. The number of carbonyl (C=O) groups is 2. The summed E-state index contributed by atoms with van der Waals surface area (Å²) in [6, 6.07) is 11.0. The van der Waals surface area contributed by atoms with Crippen molar-refractivity contribution < 1.29 is 9.59 Å². The summed E-state index contributed by atoms with van der Waals surface area (Å²) in [7, 11) is 0. The van der Waals surface area contributed by atoms with E-state index in [-0.39, 0.29) is 17.7 Å². The van der Waals surface area contributed by atoms with Crippen molar-refractivity contribution in [2.24, 2.45) is 5.92 Å². The number of hydrogen-bond donors (Lipinski definition) is 0. The van der Waals surface area contributed by atoms with Gasteiger partial charge < -0.3 is 9.80 Å². The number of carbonyl (C=O) groups excluding carboxylic acids is 2. The summed E-state index contributed by atoms with van der Waals surface area (Å²) in [4.78, 5) is 31.0. The van der Waals surface area contributed by atoms with E-state index in [2.05, 4.69) is 36.1 Å². The fourth-order valence-corrected chi connectivity index (χ4v) is 4.10. The van der Waals surface area contributed by atoms with E-state index in [9.17, 15) is 9.59 Å². The van der Waals surface area contributed by atoms with Gasteiger partial charge in [0.05, 0.1) is 5.92 Å². The van der Waals surface area contributed by atoms with E-state index in [1.54, 1.807) is 6.92 Å². The fraction of sp³-hybridized carbons (Fsp3) is 0.619. The lowest BCUT2D eigenvalue weighted by molar-refractivity contribution is -0.140. The maximum Gasteiger partial charge on any atom is 0.227 e. The first-order valence-electron chi connectivity index (χ1n) is 9.87. The number of benzene rings is 1. The van der Waals surface area contributed by atoms with Gasteiger partial charge in [-0.1, -0.05) is 30.3 Å². The molecule has 0 N–H and O–H groups in total. The second-order valence-electron chi connectivity index (χ2n) is 7.72. The van der Waals surface area contributed by atoms with Crippen molar-refractivity contribution in [3.05, 3.63) is 35.9 Å². The van der Waals surface area contributed by atoms with Crippen molar-refractivity contribution in [2.75, 3.05) is 32.7 Å². The summed E-state index contributed by atoms with van der Waals surface area (Å²) in [5, 5.41) is 0. The average Bonchev–Trinajstić information content (AvgIpc) is 2.84. The van der Waals surface area contributed by atoms with Crippen LogP contribution < -0.4 is 0 Å². The standard InChI is InChI=1S/C21H31N3O2/c1-17-10-12-22(13-14-23(17)15-19-7-4-3-5-8-19)21(26)20-9-6-11-24(16-20)18(2)25/h3-5,7-8,17,20H,6,9-16H2,1-2H3. The number of piperidine rings is 1. The quantitative estimate of drug-likeness (QED) is 0.834. The monoisotopic (exact) mass is 357 g/mol. The Kier molecular flexibility index (Phi) is 6.30. The van der Waals surface area contributed by atoms with Crippen LogP contribution in [0, 0.1) is 5.92 Å². The van der Waals surface area contributed by atoms with E-state index in [0.717, 1.165) is 52.0 Å². The molecule has 0 saturated carbocycles. The predicted octanol–water partition coefficient (Wildman–Crippen LogP) is 2.37. The largest absolute Gasteiger partial charge is 0.342 e. The molecule has 142 valence electrons. The summed E-state index contributed by atoms with van der Waals surface area (Å²) < 4.78 is 0. The fourth-order valence-electron chi connectivity index (χ4n) is 4.10. The topological polar surface area (TPSA) is 43.9 Å². The highest BCUT2D eigenvalue weighted by molar-refractivity contribution is 5.80. The average molecular weight is 357 g/mol. The van der Waals surface area contributed by atoms with E-state index in [1.807, 2.05) is 15.9 Å². The maximum absolute atomic E-state index is 13.0. The van der Waals surface area contributed by atoms with Crippen molar-refractivity contribution >= 4 is 11.8 Å². The highest BCUT2D eigenvalue weighted by atomic mass is 16.2. The lowest BCUT2D eigenvalue weighted by Gasteiger charge is -2.34. The summed E-state index contributed by atoms with van der Waals surface area (Å²) in [6.45, 7) is 8.69. The van der Waals surface area contributed by atoms with Crippen LogP contribution in [0.15, 0.2) is 30.3 Å². The molecule has 2 aliphatic heterocycles. The second-order valence-corrected chi connectivity index (χ2v) is 7.72. The van der Waals surface area contributed by atoms with Crippen molar-refractivity contribution in [3.8, 4) is 0 Å². The normalized spacial score (nSPS) is 25.0. The molecule has 2 heterocycles. The van der Waals surface area contributed by atoms with Crippen LogP contribution in [0.5, 0.6) is 0 Å². The summed E-state index contributed by atoms with van der Waals surface area (Å²) >= 11 is 0. The van der Waals surface area contributed by atoms with Gasteiger partial charge in [0.2, 0.25) is 11.8 Å². The lowest BCUT2D eigenvalue weighted by atomic mass is 9.96. The van der Waals surface area contributed by atoms with Crippen molar-refractivity contribution in [2.45, 2.75) is 45.7 Å². The van der Waals surface area contributed by atoms with E-state index >= 15 is 0 Å². The molecule has 2 amide bonds. The molecule has 0 spiro atoms. The van der Waals surface area contributed by atoms with Crippen LogP contribution in [0.1, 0.15) is 38.7 Å². The van der Waals surface area contributed by atoms with Gasteiger partial charge in [-0.15, -0.1) is 0 Å². The van der Waals surface area contributed by atoms with E-state index in [4.69, 9.17) is 0 Å². The van der Waals surface area contributed by atoms with Crippen LogP contribution in [0.4, 0.5) is 0 Å². The summed E-state index contributed by atoms with van der Waals surface area (Å²) in [5.74, 6) is 0.300. The van der Waals surface area contributed by atoms with Gasteiger partial charge in [-0.2, -0.15) is 0 Å². The Hall–Kier alpha value is -1.88. The molecule has 1 aromatic rings. The van der Waals surface area contributed by atoms with Gasteiger partial charge in [0.25, 0.3) is 0 Å². The number of rotatable bonds is 3. The first-order valence-corrected chi connectivity index (χ1v) is 9.87. The Morgan fingerprint density at radius 2 is 1.77 bits per heavy atom. The van der Waals surface area contributed by atoms with Gasteiger partial charge >= 0.3 is 0 Å². The number of amides is 2. The van der Waals surface area contributed by atoms with Gasteiger partial charge in [0, 0.05) is 52.2 Å². The Balaban J connectivity index is 1.58. The van der Waals surface area contributed by atoms with Gasteiger partial charge in [-0.25, -0.2) is 0 Å². The molecule has 2 atom stereocenters. The molecule has 2 aliphatic rings. The van der Waals surface area contributed by atoms with Crippen molar-refractivity contribution in [1.29, 1.82) is 0 Å². The first kappa shape index (κ1) is 18.9. The van der Waals surface area contributed by atoms with E-state index < -0.39 is 0 Å². The highest BCUT2D eigenvalue weighted by Crippen LogP contribution is 2.21. The molecule has 2 saturated heterocycles. The molecule has 0 bridgehead atoms. The molecular formula is C21H31N3O2. The second kappa shape index (κ2) is 8.67. The van der Waals surface area contributed by atoms with Crippen LogP contribution >= 0.6 is 0 Å².